The van der Waals surface area contributed by atoms with E-state index in [9.17, 15) is 4.79 Å². The van der Waals surface area contributed by atoms with Crippen molar-refractivity contribution in [1.82, 2.24) is 20.4 Å². The molecule has 3 rings (SSSR count). The summed E-state index contributed by atoms with van der Waals surface area (Å²) < 4.78 is 0. The van der Waals surface area contributed by atoms with E-state index in [0.29, 0.717) is 6.54 Å². The van der Waals surface area contributed by atoms with Gasteiger partial charge in [-0.05, 0) is 63.7 Å². The lowest BCUT2D eigenvalue weighted by atomic mass is 10.0. The van der Waals surface area contributed by atoms with Crippen molar-refractivity contribution in [3.05, 3.63) is 64.8 Å². The van der Waals surface area contributed by atoms with Gasteiger partial charge in [-0.3, -0.25) is 9.89 Å². The minimum absolute atomic E-state index is 0.0142. The maximum Gasteiger partial charge on any atom is 0.251 e. The number of fused-ring (bicyclic) bond motifs is 1. The van der Waals surface area contributed by atoms with Crippen molar-refractivity contribution in [1.29, 1.82) is 0 Å². The maximum atomic E-state index is 12.6. The van der Waals surface area contributed by atoms with E-state index in [-0.39, 0.29) is 11.9 Å². The molecule has 1 aromatic heterocycles. The molecule has 5 nitrogen and oxygen atoms in total. The average molecular weight is 350 g/mol. The van der Waals surface area contributed by atoms with Gasteiger partial charge in [-0.15, -0.1) is 0 Å². The Labute approximate surface area is 154 Å². The van der Waals surface area contributed by atoms with Gasteiger partial charge >= 0.3 is 0 Å². The van der Waals surface area contributed by atoms with Crippen LogP contribution in [-0.4, -0.2) is 47.7 Å². The van der Waals surface area contributed by atoms with E-state index in [1.165, 1.54) is 11.1 Å². The fourth-order valence-electron chi connectivity index (χ4n) is 3.20. The zero-order valence-corrected chi connectivity index (χ0v) is 15.8. The van der Waals surface area contributed by atoms with Crippen molar-refractivity contribution < 1.29 is 4.79 Å². The highest BCUT2D eigenvalue weighted by Crippen LogP contribution is 2.15. The number of aromatic amines is 1. The Morgan fingerprint density at radius 3 is 2.73 bits per heavy atom. The summed E-state index contributed by atoms with van der Waals surface area (Å²) >= 11 is 0. The minimum Gasteiger partial charge on any atom is -0.350 e. The zero-order chi connectivity index (χ0) is 18.7. The van der Waals surface area contributed by atoms with Gasteiger partial charge in [0.05, 0.1) is 5.52 Å². The quantitative estimate of drug-likeness (QED) is 0.718. The van der Waals surface area contributed by atoms with Crippen molar-refractivity contribution in [3.8, 4) is 0 Å². The second kappa shape index (κ2) is 7.70. The van der Waals surface area contributed by atoms with Crippen molar-refractivity contribution in [2.24, 2.45) is 0 Å². The number of amides is 1. The molecule has 2 N–H and O–H groups in total. The van der Waals surface area contributed by atoms with Gasteiger partial charge in [-0.2, -0.15) is 5.10 Å². The Morgan fingerprint density at radius 2 is 2.00 bits per heavy atom. The van der Waals surface area contributed by atoms with Crippen molar-refractivity contribution in [2.75, 3.05) is 20.6 Å². The van der Waals surface area contributed by atoms with Crippen LogP contribution in [0, 0.1) is 13.8 Å². The first-order valence-corrected chi connectivity index (χ1v) is 8.88. The van der Waals surface area contributed by atoms with Crippen LogP contribution < -0.4 is 5.32 Å². The molecule has 0 bridgehead atoms. The highest BCUT2D eigenvalue weighted by Gasteiger charge is 2.16. The lowest BCUT2D eigenvalue weighted by molar-refractivity contribution is 0.0941. The van der Waals surface area contributed by atoms with Crippen LogP contribution in [0.5, 0.6) is 0 Å². The highest BCUT2D eigenvalue weighted by atomic mass is 16.1. The number of likely N-dealkylation sites (N-methyl/N-ethyl adjacent to an activating group) is 1. The standard InChI is InChI=1S/C21H26N4O/c1-14-5-7-19(15(2)9-14)21(26)22-13-18(25(3)4)11-16-6-8-20-17(10-16)12-23-24-20/h5-10,12,18H,11,13H2,1-4H3,(H,22,26)(H,23,24)/t18-/m0/s1. The second-order valence-electron chi connectivity index (χ2n) is 7.13. The number of hydrogen-bond acceptors (Lipinski definition) is 3. The smallest absolute Gasteiger partial charge is 0.251 e. The molecule has 0 aliphatic heterocycles. The lowest BCUT2D eigenvalue weighted by Crippen LogP contribution is -2.41. The fraction of sp³-hybridized carbons (Fsp3) is 0.333. The van der Waals surface area contributed by atoms with Gasteiger partial charge in [0.2, 0.25) is 0 Å². The third kappa shape index (κ3) is 4.11. The summed E-state index contributed by atoms with van der Waals surface area (Å²) in [6.45, 7) is 4.61. The van der Waals surface area contributed by atoms with E-state index in [0.717, 1.165) is 28.5 Å². The Hall–Kier alpha value is -2.66. The van der Waals surface area contributed by atoms with Crippen LogP contribution in [0.15, 0.2) is 42.6 Å². The number of rotatable bonds is 6. The van der Waals surface area contributed by atoms with E-state index in [1.807, 2.05) is 58.4 Å². The first kappa shape index (κ1) is 18.1. The number of nitrogens with zero attached hydrogens (tertiary/aromatic N) is 2. The van der Waals surface area contributed by atoms with Gasteiger partial charge in [-0.25, -0.2) is 0 Å². The number of aryl methyl sites for hydroxylation is 2. The van der Waals surface area contributed by atoms with Crippen molar-refractivity contribution in [2.45, 2.75) is 26.3 Å². The van der Waals surface area contributed by atoms with Gasteiger partial charge in [0.1, 0.15) is 0 Å². The maximum absolute atomic E-state index is 12.6. The van der Waals surface area contributed by atoms with Crippen LogP contribution in [0.4, 0.5) is 0 Å². The Bertz CT molecular complexity index is 913. The largest absolute Gasteiger partial charge is 0.350 e. The summed E-state index contributed by atoms with van der Waals surface area (Å²) in [6.07, 6.45) is 2.77. The normalized spacial score (nSPS) is 12.5. The third-order valence-corrected chi connectivity index (χ3v) is 4.82. The number of benzene rings is 2. The zero-order valence-electron chi connectivity index (χ0n) is 15.8. The van der Waals surface area contributed by atoms with E-state index in [1.54, 1.807) is 0 Å². The molecule has 0 aliphatic rings. The predicted molar refractivity (Wildman–Crippen MR) is 106 cm³/mol. The van der Waals surface area contributed by atoms with Crippen LogP contribution >= 0.6 is 0 Å². The molecule has 1 amide bonds. The van der Waals surface area contributed by atoms with E-state index in [2.05, 4.69) is 32.5 Å². The summed E-state index contributed by atoms with van der Waals surface area (Å²) in [5.41, 5.74) is 5.12. The number of nitrogens with one attached hydrogen (secondary N) is 2. The molecule has 0 radical (unpaired) electrons. The first-order valence-electron chi connectivity index (χ1n) is 8.88. The number of carbonyl (C=O) groups excluding carboxylic acids is 1. The highest BCUT2D eigenvalue weighted by molar-refractivity contribution is 5.95. The molecule has 1 atom stereocenters. The minimum atomic E-state index is -0.0142. The number of aromatic nitrogens is 2. The SMILES string of the molecule is Cc1ccc(C(=O)NC[C@H](Cc2ccc3n[nH]cc3c2)N(C)C)c(C)c1. The summed E-state index contributed by atoms with van der Waals surface area (Å²) in [7, 11) is 4.09. The van der Waals surface area contributed by atoms with Crippen LogP contribution in [0.3, 0.4) is 0 Å². The van der Waals surface area contributed by atoms with Gasteiger partial charge in [-0.1, -0.05) is 23.8 Å². The molecule has 1 heterocycles. The molecule has 2 aromatic carbocycles. The molecular weight excluding hydrogens is 324 g/mol. The van der Waals surface area contributed by atoms with E-state index < -0.39 is 0 Å². The topological polar surface area (TPSA) is 61.0 Å². The van der Waals surface area contributed by atoms with Crippen LogP contribution in [0.1, 0.15) is 27.0 Å². The van der Waals surface area contributed by atoms with Crippen molar-refractivity contribution in [3.63, 3.8) is 0 Å². The summed E-state index contributed by atoms with van der Waals surface area (Å²) in [4.78, 5) is 14.7. The van der Waals surface area contributed by atoms with Crippen LogP contribution in [-0.2, 0) is 6.42 Å². The Kier molecular flexibility index (Phi) is 5.38. The molecule has 0 saturated carbocycles. The number of H-pyrrole nitrogens is 1. The van der Waals surface area contributed by atoms with Gasteiger partial charge < -0.3 is 10.2 Å². The summed E-state index contributed by atoms with van der Waals surface area (Å²) in [5, 5.41) is 11.3. The molecule has 5 heteroatoms. The molecule has 0 aliphatic carbocycles. The molecule has 26 heavy (non-hydrogen) atoms. The average Bonchev–Trinajstić information content (AvgIpc) is 3.05. The van der Waals surface area contributed by atoms with Gasteiger partial charge in [0.15, 0.2) is 0 Å². The second-order valence-corrected chi connectivity index (χ2v) is 7.13. The molecular formula is C21H26N4O. The van der Waals surface area contributed by atoms with Crippen LogP contribution in [0.25, 0.3) is 10.9 Å². The molecule has 0 saturated heterocycles. The Balaban J connectivity index is 1.67. The van der Waals surface area contributed by atoms with Crippen molar-refractivity contribution >= 4 is 16.8 Å². The molecule has 0 spiro atoms. The molecule has 3 aromatic rings. The monoisotopic (exact) mass is 350 g/mol. The van der Waals surface area contributed by atoms with Crippen LogP contribution in [0.2, 0.25) is 0 Å². The molecule has 0 unspecified atom stereocenters. The number of carbonyl (C=O) groups is 1. The van der Waals surface area contributed by atoms with E-state index >= 15 is 0 Å². The molecule has 136 valence electrons. The first-order chi connectivity index (χ1) is 12.4. The molecule has 0 fully saturated rings. The van der Waals surface area contributed by atoms with Gasteiger partial charge in [0.25, 0.3) is 5.91 Å². The lowest BCUT2D eigenvalue weighted by Gasteiger charge is -2.25. The third-order valence-electron chi connectivity index (χ3n) is 4.82. The summed E-state index contributed by atoms with van der Waals surface area (Å²) in [6, 6.07) is 12.4. The van der Waals surface area contributed by atoms with E-state index in [4.69, 9.17) is 0 Å². The van der Waals surface area contributed by atoms with Gasteiger partial charge in [0, 0.05) is 29.7 Å². The Morgan fingerprint density at radius 1 is 1.19 bits per heavy atom. The predicted octanol–water partition coefficient (Wildman–Crippen LogP) is 3.08. The summed E-state index contributed by atoms with van der Waals surface area (Å²) in [5.74, 6) is -0.0142. The fourth-order valence-corrected chi connectivity index (χ4v) is 3.20. The number of hydrogen-bond donors (Lipinski definition) is 2.